The molecule has 2 aromatic carbocycles. The van der Waals surface area contributed by atoms with Crippen LogP contribution in [-0.2, 0) is 11.2 Å². The Hall–Kier alpha value is -3.54. The van der Waals surface area contributed by atoms with Crippen molar-refractivity contribution in [2.45, 2.75) is 44.6 Å². The summed E-state index contributed by atoms with van der Waals surface area (Å²) in [5.74, 6) is 0.752. The molecule has 1 aromatic heterocycles. The van der Waals surface area contributed by atoms with E-state index in [4.69, 9.17) is 9.15 Å². The number of amides is 2. The lowest BCUT2D eigenvalue weighted by Crippen LogP contribution is -2.13. The fourth-order valence-electron chi connectivity index (χ4n) is 3.69. The molecule has 3 aromatic rings. The summed E-state index contributed by atoms with van der Waals surface area (Å²) in [5.41, 5.74) is 2.39. The third-order valence-corrected chi connectivity index (χ3v) is 5.32. The van der Waals surface area contributed by atoms with E-state index in [2.05, 4.69) is 10.6 Å². The Kier molecular flexibility index (Phi) is 6.67. The molecule has 31 heavy (non-hydrogen) atoms. The van der Waals surface area contributed by atoms with E-state index >= 15 is 0 Å². The maximum absolute atomic E-state index is 12.3. The molecule has 1 fully saturated rings. The van der Waals surface area contributed by atoms with E-state index in [1.807, 2.05) is 24.3 Å². The third kappa shape index (κ3) is 5.98. The molecule has 2 amide bonds. The number of aryl methyl sites for hydroxylation is 1. The molecule has 2 N–H and O–H groups in total. The molecule has 0 aliphatic heterocycles. The number of hydrogen-bond donors (Lipinski definition) is 2. The lowest BCUT2D eigenvalue weighted by molar-refractivity contribution is -0.116. The predicted octanol–water partition coefficient (Wildman–Crippen LogP) is 5.42. The first-order chi connectivity index (χ1) is 15.2. The number of rotatable bonds is 8. The number of anilines is 2. The van der Waals surface area contributed by atoms with Crippen molar-refractivity contribution in [2.24, 2.45) is 0 Å². The van der Waals surface area contributed by atoms with Gasteiger partial charge in [0.05, 0.1) is 12.4 Å². The second kappa shape index (κ2) is 9.98. The number of benzene rings is 2. The minimum atomic E-state index is -0.319. The van der Waals surface area contributed by atoms with Gasteiger partial charge in [-0.25, -0.2) is 0 Å². The third-order valence-electron chi connectivity index (χ3n) is 5.32. The maximum atomic E-state index is 12.3. The molecule has 6 heteroatoms. The van der Waals surface area contributed by atoms with Gasteiger partial charge in [0.15, 0.2) is 5.76 Å². The first-order valence-electron chi connectivity index (χ1n) is 10.7. The average molecular weight is 418 g/mol. The Balaban J connectivity index is 1.24. The number of furan rings is 1. The van der Waals surface area contributed by atoms with Crippen molar-refractivity contribution in [3.8, 4) is 5.75 Å². The van der Waals surface area contributed by atoms with E-state index in [1.165, 1.54) is 19.1 Å². The molecule has 6 nitrogen and oxygen atoms in total. The van der Waals surface area contributed by atoms with Gasteiger partial charge in [0.25, 0.3) is 5.91 Å². The van der Waals surface area contributed by atoms with Gasteiger partial charge < -0.3 is 19.8 Å². The largest absolute Gasteiger partial charge is 0.490 e. The highest BCUT2D eigenvalue weighted by molar-refractivity contribution is 6.02. The van der Waals surface area contributed by atoms with Crippen LogP contribution in [0.2, 0.25) is 0 Å². The standard InChI is InChI=1S/C25H26N2O4/c28-24(15-10-18-5-3-8-22(17-18)31-21-6-1-2-7-21)26-19-11-13-20(14-12-19)27-25(29)23-9-4-16-30-23/h3-5,8-9,11-14,16-17,21H,1-2,6-7,10,15H2,(H,26,28)(H,27,29). The number of carbonyl (C=O) groups excluding carboxylic acids is 2. The van der Waals surface area contributed by atoms with Crippen molar-refractivity contribution in [2.75, 3.05) is 10.6 Å². The molecule has 0 atom stereocenters. The van der Waals surface area contributed by atoms with Gasteiger partial charge in [0.2, 0.25) is 5.91 Å². The Morgan fingerprint density at radius 3 is 2.39 bits per heavy atom. The van der Waals surface area contributed by atoms with Gasteiger partial charge in [0.1, 0.15) is 5.75 Å². The summed E-state index contributed by atoms with van der Waals surface area (Å²) in [6.07, 6.45) is 7.52. The summed E-state index contributed by atoms with van der Waals surface area (Å²) >= 11 is 0. The van der Waals surface area contributed by atoms with Crippen LogP contribution in [0.25, 0.3) is 0 Å². The van der Waals surface area contributed by atoms with E-state index in [9.17, 15) is 9.59 Å². The second-order valence-corrected chi connectivity index (χ2v) is 7.73. The smallest absolute Gasteiger partial charge is 0.291 e. The highest BCUT2D eigenvalue weighted by Crippen LogP contribution is 2.25. The number of nitrogens with one attached hydrogen (secondary N) is 2. The Morgan fingerprint density at radius 2 is 1.68 bits per heavy atom. The summed E-state index contributed by atoms with van der Waals surface area (Å²) in [5, 5.41) is 5.64. The van der Waals surface area contributed by atoms with E-state index in [1.54, 1.807) is 36.4 Å². The molecule has 160 valence electrons. The molecular weight excluding hydrogens is 392 g/mol. The molecule has 0 saturated heterocycles. The molecule has 0 spiro atoms. The lowest BCUT2D eigenvalue weighted by atomic mass is 10.1. The quantitative estimate of drug-likeness (QED) is 0.511. The number of ether oxygens (including phenoxy) is 1. The zero-order valence-corrected chi connectivity index (χ0v) is 17.3. The summed E-state index contributed by atoms with van der Waals surface area (Å²) in [6, 6.07) is 18.2. The Labute approximate surface area is 181 Å². The van der Waals surface area contributed by atoms with Gasteiger partial charge in [-0.05, 0) is 86.2 Å². The first kappa shape index (κ1) is 20.7. The topological polar surface area (TPSA) is 80.6 Å². The Bertz CT molecular complexity index is 1010. The van der Waals surface area contributed by atoms with Crippen LogP contribution in [0.5, 0.6) is 5.75 Å². The number of hydrogen-bond acceptors (Lipinski definition) is 4. The Morgan fingerprint density at radius 1 is 0.935 bits per heavy atom. The van der Waals surface area contributed by atoms with Gasteiger partial charge in [0, 0.05) is 17.8 Å². The summed E-state index contributed by atoms with van der Waals surface area (Å²) in [6.45, 7) is 0. The summed E-state index contributed by atoms with van der Waals surface area (Å²) < 4.78 is 11.1. The molecule has 1 aliphatic rings. The van der Waals surface area contributed by atoms with Crippen molar-refractivity contribution in [3.05, 3.63) is 78.3 Å². The van der Waals surface area contributed by atoms with Gasteiger partial charge in [-0.2, -0.15) is 0 Å². The molecule has 0 unspecified atom stereocenters. The molecular formula is C25H26N2O4. The van der Waals surface area contributed by atoms with Crippen molar-refractivity contribution < 1.29 is 18.7 Å². The van der Waals surface area contributed by atoms with Crippen LogP contribution >= 0.6 is 0 Å². The van der Waals surface area contributed by atoms with Crippen LogP contribution in [0.15, 0.2) is 71.3 Å². The molecule has 1 aliphatic carbocycles. The van der Waals surface area contributed by atoms with E-state index in [0.717, 1.165) is 24.2 Å². The normalized spacial score (nSPS) is 13.7. The molecule has 1 heterocycles. The lowest BCUT2D eigenvalue weighted by Gasteiger charge is -2.14. The fraction of sp³-hybridized carbons (Fsp3) is 0.280. The SMILES string of the molecule is O=C(CCc1cccc(OC2CCCC2)c1)Nc1ccc(NC(=O)c2ccco2)cc1. The molecule has 0 radical (unpaired) electrons. The van der Waals surface area contributed by atoms with Crippen LogP contribution in [-0.4, -0.2) is 17.9 Å². The minimum Gasteiger partial charge on any atom is -0.490 e. The van der Waals surface area contributed by atoms with Crippen LogP contribution in [0.4, 0.5) is 11.4 Å². The highest BCUT2D eigenvalue weighted by Gasteiger charge is 2.16. The maximum Gasteiger partial charge on any atom is 0.291 e. The second-order valence-electron chi connectivity index (χ2n) is 7.73. The predicted molar refractivity (Wildman–Crippen MR) is 119 cm³/mol. The van der Waals surface area contributed by atoms with Crippen LogP contribution in [0.3, 0.4) is 0 Å². The van der Waals surface area contributed by atoms with Gasteiger partial charge >= 0.3 is 0 Å². The van der Waals surface area contributed by atoms with Gasteiger partial charge in [-0.3, -0.25) is 9.59 Å². The fourth-order valence-corrected chi connectivity index (χ4v) is 3.69. The van der Waals surface area contributed by atoms with Gasteiger partial charge in [-0.15, -0.1) is 0 Å². The molecule has 1 saturated carbocycles. The van der Waals surface area contributed by atoms with Crippen molar-refractivity contribution in [3.63, 3.8) is 0 Å². The average Bonchev–Trinajstić information content (AvgIpc) is 3.48. The zero-order chi connectivity index (χ0) is 21.5. The van der Waals surface area contributed by atoms with Crippen molar-refractivity contribution in [1.82, 2.24) is 0 Å². The zero-order valence-electron chi connectivity index (χ0n) is 17.3. The van der Waals surface area contributed by atoms with E-state index in [-0.39, 0.29) is 17.6 Å². The van der Waals surface area contributed by atoms with Gasteiger partial charge in [-0.1, -0.05) is 12.1 Å². The monoisotopic (exact) mass is 418 g/mol. The van der Waals surface area contributed by atoms with Crippen LogP contribution in [0, 0.1) is 0 Å². The van der Waals surface area contributed by atoms with Crippen molar-refractivity contribution in [1.29, 1.82) is 0 Å². The van der Waals surface area contributed by atoms with E-state index in [0.29, 0.717) is 30.3 Å². The molecule has 4 rings (SSSR count). The van der Waals surface area contributed by atoms with Crippen LogP contribution in [0.1, 0.15) is 48.2 Å². The number of carbonyl (C=O) groups is 2. The molecule has 0 bridgehead atoms. The van der Waals surface area contributed by atoms with E-state index < -0.39 is 0 Å². The first-order valence-corrected chi connectivity index (χ1v) is 10.7. The van der Waals surface area contributed by atoms with Crippen molar-refractivity contribution >= 4 is 23.2 Å². The minimum absolute atomic E-state index is 0.0607. The summed E-state index contributed by atoms with van der Waals surface area (Å²) in [7, 11) is 0. The van der Waals surface area contributed by atoms with Crippen LogP contribution < -0.4 is 15.4 Å². The highest BCUT2D eigenvalue weighted by atomic mass is 16.5. The summed E-state index contributed by atoms with van der Waals surface area (Å²) in [4.78, 5) is 24.3.